The number of carbonyl (C=O) groups excluding carboxylic acids is 2. The average molecular weight is 334 g/mol. The van der Waals surface area contributed by atoms with Crippen LogP contribution in [0, 0.1) is 13.8 Å². The van der Waals surface area contributed by atoms with Crippen LogP contribution in [0.3, 0.4) is 0 Å². The van der Waals surface area contributed by atoms with E-state index in [0.29, 0.717) is 11.6 Å². The summed E-state index contributed by atoms with van der Waals surface area (Å²) in [6, 6.07) is 9.35. The van der Waals surface area contributed by atoms with Gasteiger partial charge in [0.1, 0.15) is 12.4 Å². The van der Waals surface area contributed by atoms with E-state index in [0.717, 1.165) is 11.1 Å². The van der Waals surface area contributed by atoms with Crippen molar-refractivity contribution in [1.82, 2.24) is 5.16 Å². The smallest absolute Gasteiger partial charge is 0.316 e. The van der Waals surface area contributed by atoms with Crippen LogP contribution in [-0.4, -0.2) is 28.5 Å². The van der Waals surface area contributed by atoms with Gasteiger partial charge in [-0.25, -0.2) is 0 Å². The molecule has 7 heteroatoms. The molecule has 2 rings (SSSR count). The summed E-state index contributed by atoms with van der Waals surface area (Å²) < 4.78 is 10.0. The lowest BCUT2D eigenvalue weighted by atomic mass is 10.1. The summed E-state index contributed by atoms with van der Waals surface area (Å²) in [7, 11) is 0. The minimum Gasteiger partial charge on any atom is -0.460 e. The number of rotatable bonds is 7. The highest BCUT2D eigenvalue weighted by molar-refractivity contribution is 8.00. The fourth-order valence-electron chi connectivity index (χ4n) is 1.80. The molecule has 0 atom stereocenters. The first-order valence-electron chi connectivity index (χ1n) is 7.05. The standard InChI is InChI=1S/C16H18N2O4S/c1-11-5-3-4-6-13(11)8-21-16(20)10-23-9-15(19)17-14-7-12(2)22-18-14/h3-7H,8-10H2,1-2H3,(H,17,18,19). The number of carbonyl (C=O) groups is 2. The summed E-state index contributed by atoms with van der Waals surface area (Å²) in [6.45, 7) is 3.95. The molecule has 0 saturated heterocycles. The van der Waals surface area contributed by atoms with Gasteiger partial charge in [-0.3, -0.25) is 9.59 Å². The second-order valence-electron chi connectivity index (χ2n) is 4.95. The van der Waals surface area contributed by atoms with Gasteiger partial charge in [0.25, 0.3) is 0 Å². The predicted octanol–water partition coefficient (Wildman–Crippen LogP) is 2.71. The molecule has 0 bridgehead atoms. The molecule has 0 aliphatic heterocycles. The largest absolute Gasteiger partial charge is 0.460 e. The molecule has 23 heavy (non-hydrogen) atoms. The summed E-state index contributed by atoms with van der Waals surface area (Å²) in [5, 5.41) is 6.25. The number of benzene rings is 1. The molecule has 0 radical (unpaired) electrons. The number of aryl methyl sites for hydroxylation is 2. The maximum atomic E-state index is 11.7. The lowest BCUT2D eigenvalue weighted by Crippen LogP contribution is -2.16. The number of ether oxygens (including phenoxy) is 1. The molecule has 0 aliphatic carbocycles. The Labute approximate surface area is 138 Å². The maximum Gasteiger partial charge on any atom is 0.316 e. The van der Waals surface area contributed by atoms with Crippen molar-refractivity contribution in [3.63, 3.8) is 0 Å². The molecule has 0 saturated carbocycles. The van der Waals surface area contributed by atoms with Crippen molar-refractivity contribution < 1.29 is 18.8 Å². The Morgan fingerprint density at radius 3 is 2.74 bits per heavy atom. The molecule has 2 aromatic rings. The Kier molecular flexibility index (Phi) is 6.22. The second-order valence-corrected chi connectivity index (χ2v) is 5.94. The Balaban J connectivity index is 1.64. The highest BCUT2D eigenvalue weighted by Gasteiger charge is 2.09. The molecule has 1 heterocycles. The van der Waals surface area contributed by atoms with Crippen LogP contribution < -0.4 is 5.32 Å². The first-order chi connectivity index (χ1) is 11.0. The van der Waals surface area contributed by atoms with Crippen LogP contribution in [0.1, 0.15) is 16.9 Å². The van der Waals surface area contributed by atoms with Crippen molar-refractivity contribution in [3.05, 3.63) is 47.2 Å². The van der Waals surface area contributed by atoms with Gasteiger partial charge >= 0.3 is 5.97 Å². The van der Waals surface area contributed by atoms with E-state index in [-0.39, 0.29) is 30.0 Å². The second kappa shape index (κ2) is 8.38. The number of esters is 1. The summed E-state index contributed by atoms with van der Waals surface area (Å²) in [4.78, 5) is 23.3. The van der Waals surface area contributed by atoms with Gasteiger partial charge < -0.3 is 14.6 Å². The number of hydrogen-bond acceptors (Lipinski definition) is 6. The molecular formula is C16H18N2O4S. The third-order valence-corrected chi connectivity index (χ3v) is 3.90. The van der Waals surface area contributed by atoms with Crippen molar-refractivity contribution in [3.8, 4) is 0 Å². The molecule has 0 unspecified atom stereocenters. The van der Waals surface area contributed by atoms with Crippen LogP contribution in [0.15, 0.2) is 34.9 Å². The maximum absolute atomic E-state index is 11.7. The zero-order chi connectivity index (χ0) is 16.7. The third-order valence-electron chi connectivity index (χ3n) is 3.00. The van der Waals surface area contributed by atoms with Gasteiger partial charge in [-0.05, 0) is 25.0 Å². The minimum absolute atomic E-state index is 0.122. The van der Waals surface area contributed by atoms with Crippen molar-refractivity contribution in [2.24, 2.45) is 0 Å². The predicted molar refractivity (Wildman–Crippen MR) is 88.2 cm³/mol. The van der Waals surface area contributed by atoms with Crippen molar-refractivity contribution in [2.45, 2.75) is 20.5 Å². The number of aromatic nitrogens is 1. The van der Waals surface area contributed by atoms with Gasteiger partial charge in [0, 0.05) is 6.07 Å². The fourth-order valence-corrected chi connectivity index (χ4v) is 2.41. The number of nitrogens with zero attached hydrogens (tertiary/aromatic N) is 1. The van der Waals surface area contributed by atoms with E-state index >= 15 is 0 Å². The first-order valence-corrected chi connectivity index (χ1v) is 8.21. The normalized spacial score (nSPS) is 10.3. The quantitative estimate of drug-likeness (QED) is 0.784. The summed E-state index contributed by atoms with van der Waals surface area (Å²) >= 11 is 1.19. The topological polar surface area (TPSA) is 81.4 Å². The molecule has 6 nitrogen and oxygen atoms in total. The van der Waals surface area contributed by atoms with Crippen LogP contribution in [0.5, 0.6) is 0 Å². The number of thioether (sulfide) groups is 1. The molecule has 0 fully saturated rings. The number of nitrogens with one attached hydrogen (secondary N) is 1. The van der Waals surface area contributed by atoms with E-state index < -0.39 is 0 Å². The van der Waals surface area contributed by atoms with Gasteiger partial charge in [0.2, 0.25) is 5.91 Å². The van der Waals surface area contributed by atoms with E-state index in [9.17, 15) is 9.59 Å². The molecule has 122 valence electrons. The van der Waals surface area contributed by atoms with Gasteiger partial charge in [-0.2, -0.15) is 0 Å². The Hall–Kier alpha value is -2.28. The molecule has 0 spiro atoms. The van der Waals surface area contributed by atoms with E-state index in [1.165, 1.54) is 11.8 Å². The molecule has 1 aromatic carbocycles. The SMILES string of the molecule is Cc1cc(NC(=O)CSCC(=O)OCc2ccccc2C)no1. The third kappa shape index (κ3) is 5.78. The minimum atomic E-state index is -0.344. The highest BCUT2D eigenvalue weighted by Crippen LogP contribution is 2.11. The van der Waals surface area contributed by atoms with Gasteiger partial charge in [0.05, 0.1) is 11.5 Å². The molecule has 1 aromatic heterocycles. The lowest BCUT2D eigenvalue weighted by molar-refractivity contribution is -0.141. The Morgan fingerprint density at radius 2 is 2.04 bits per heavy atom. The number of amides is 1. The molecule has 1 amide bonds. The van der Waals surface area contributed by atoms with Crippen LogP contribution in [0.2, 0.25) is 0 Å². The fraction of sp³-hybridized carbons (Fsp3) is 0.312. The van der Waals surface area contributed by atoms with Crippen LogP contribution >= 0.6 is 11.8 Å². The van der Waals surface area contributed by atoms with Crippen molar-refractivity contribution >= 4 is 29.5 Å². The zero-order valence-corrected chi connectivity index (χ0v) is 13.8. The zero-order valence-electron chi connectivity index (χ0n) is 13.0. The monoisotopic (exact) mass is 334 g/mol. The van der Waals surface area contributed by atoms with Crippen LogP contribution in [0.25, 0.3) is 0 Å². The highest BCUT2D eigenvalue weighted by atomic mass is 32.2. The number of hydrogen-bond donors (Lipinski definition) is 1. The van der Waals surface area contributed by atoms with Gasteiger partial charge in [-0.15, -0.1) is 11.8 Å². The molecular weight excluding hydrogens is 316 g/mol. The van der Waals surface area contributed by atoms with Crippen molar-refractivity contribution in [2.75, 3.05) is 16.8 Å². The summed E-state index contributed by atoms with van der Waals surface area (Å²) in [5.41, 5.74) is 2.06. The summed E-state index contributed by atoms with van der Waals surface area (Å²) in [5.74, 6) is 0.670. The van der Waals surface area contributed by atoms with E-state index in [1.807, 2.05) is 31.2 Å². The van der Waals surface area contributed by atoms with Crippen LogP contribution in [0.4, 0.5) is 5.82 Å². The average Bonchev–Trinajstić information content (AvgIpc) is 2.91. The van der Waals surface area contributed by atoms with Crippen LogP contribution in [-0.2, 0) is 20.9 Å². The Morgan fingerprint density at radius 1 is 1.26 bits per heavy atom. The van der Waals surface area contributed by atoms with E-state index in [1.54, 1.807) is 13.0 Å². The lowest BCUT2D eigenvalue weighted by Gasteiger charge is -2.07. The molecule has 0 aliphatic rings. The van der Waals surface area contributed by atoms with Crippen molar-refractivity contribution in [1.29, 1.82) is 0 Å². The van der Waals surface area contributed by atoms with E-state index in [2.05, 4.69) is 10.5 Å². The Bertz CT molecular complexity index is 684. The first kappa shape index (κ1) is 17.1. The van der Waals surface area contributed by atoms with Gasteiger partial charge in [0.15, 0.2) is 5.82 Å². The number of anilines is 1. The molecule has 1 N–H and O–H groups in total. The van der Waals surface area contributed by atoms with E-state index in [4.69, 9.17) is 9.26 Å². The summed E-state index contributed by atoms with van der Waals surface area (Å²) in [6.07, 6.45) is 0. The van der Waals surface area contributed by atoms with Gasteiger partial charge in [-0.1, -0.05) is 29.4 Å².